The highest BCUT2D eigenvalue weighted by atomic mass is 35.5. The number of carbonyl (C=O) groups is 1. The Hall–Kier alpha value is -0.710. The van der Waals surface area contributed by atoms with Gasteiger partial charge in [0.1, 0.15) is 6.10 Å². The quantitative estimate of drug-likeness (QED) is 0.547. The van der Waals surface area contributed by atoms with Gasteiger partial charge in [0.25, 0.3) is 0 Å². The zero-order valence-electron chi connectivity index (χ0n) is 8.14. The van der Waals surface area contributed by atoms with Gasteiger partial charge < -0.3 is 4.74 Å². The van der Waals surface area contributed by atoms with Crippen LogP contribution in [-0.2, 0) is 4.74 Å². The molecule has 0 radical (unpaired) electrons. The Morgan fingerprint density at radius 2 is 2.00 bits per heavy atom. The fourth-order valence-electron chi connectivity index (χ4n) is 1.52. The molecule has 1 rings (SSSR count). The third-order valence-electron chi connectivity index (χ3n) is 2.52. The molecule has 0 aromatic rings. The molecule has 0 amide bonds. The molecule has 1 fully saturated rings. The molecule has 1 saturated carbocycles. The molecule has 0 heterocycles. The van der Waals surface area contributed by atoms with E-state index in [9.17, 15) is 18.0 Å². The van der Waals surface area contributed by atoms with Crippen molar-refractivity contribution in [2.75, 3.05) is 0 Å². The van der Waals surface area contributed by atoms with Crippen LogP contribution in [0.5, 0.6) is 0 Å². The first-order valence-corrected chi connectivity index (χ1v) is 4.64. The van der Waals surface area contributed by atoms with E-state index >= 15 is 0 Å². The Bertz CT molecular complexity index is 296. The van der Waals surface area contributed by atoms with Crippen LogP contribution >= 0.6 is 11.6 Å². The van der Waals surface area contributed by atoms with Gasteiger partial charge in [0, 0.05) is 29.0 Å². The van der Waals surface area contributed by atoms with Crippen molar-refractivity contribution in [1.29, 1.82) is 0 Å². The van der Waals surface area contributed by atoms with Crippen LogP contribution in [0.1, 0.15) is 13.8 Å². The van der Waals surface area contributed by atoms with Crippen molar-refractivity contribution in [1.82, 2.24) is 0 Å². The second-order valence-corrected chi connectivity index (χ2v) is 4.33. The van der Waals surface area contributed by atoms with Crippen LogP contribution in [0.4, 0.5) is 18.0 Å². The van der Waals surface area contributed by atoms with Crippen LogP contribution < -0.4 is 0 Å². The van der Waals surface area contributed by atoms with E-state index in [0.29, 0.717) is 0 Å². The van der Waals surface area contributed by atoms with Gasteiger partial charge in [-0.2, -0.15) is 13.2 Å². The van der Waals surface area contributed by atoms with E-state index in [-0.39, 0.29) is 6.08 Å². The third-order valence-corrected chi connectivity index (χ3v) is 2.61. The fraction of sp³-hybridized carbons (Fsp3) is 0.667. The van der Waals surface area contributed by atoms with Crippen LogP contribution in [0.25, 0.3) is 0 Å². The Labute approximate surface area is 90.0 Å². The molecule has 86 valence electrons. The Kier molecular flexibility index (Phi) is 3.05. The van der Waals surface area contributed by atoms with E-state index < -0.39 is 29.0 Å². The predicted molar refractivity (Wildman–Crippen MR) is 48.6 cm³/mol. The maximum absolute atomic E-state index is 11.9. The molecule has 1 aliphatic rings. The van der Waals surface area contributed by atoms with Gasteiger partial charge in [0.15, 0.2) is 0 Å². The second kappa shape index (κ2) is 3.70. The zero-order valence-corrected chi connectivity index (χ0v) is 8.89. The molecule has 2 atom stereocenters. The molecule has 0 bridgehead atoms. The van der Waals surface area contributed by atoms with Gasteiger partial charge in [0.2, 0.25) is 0 Å². The van der Waals surface area contributed by atoms with Crippen molar-refractivity contribution < 1.29 is 22.7 Å². The molecule has 0 aliphatic heterocycles. The first kappa shape index (κ1) is 12.4. The highest BCUT2D eigenvalue weighted by Crippen LogP contribution is 2.55. The summed E-state index contributed by atoms with van der Waals surface area (Å²) in [6.07, 6.45) is -3.75. The SMILES string of the molecule is CC1(C)C(/C=C\C(F)(F)F)[C@H]1OC(=O)Cl. The number of alkyl halides is 3. The summed E-state index contributed by atoms with van der Waals surface area (Å²) in [4.78, 5) is 10.4. The lowest BCUT2D eigenvalue weighted by Crippen LogP contribution is -2.03. The summed E-state index contributed by atoms with van der Waals surface area (Å²) < 4.78 is 40.3. The van der Waals surface area contributed by atoms with Crippen molar-refractivity contribution in [2.45, 2.75) is 26.1 Å². The minimum absolute atomic E-state index is 0.154. The fourth-order valence-corrected chi connectivity index (χ4v) is 1.61. The lowest BCUT2D eigenvalue weighted by atomic mass is 10.1. The van der Waals surface area contributed by atoms with Gasteiger partial charge in [-0.05, 0) is 0 Å². The Morgan fingerprint density at radius 1 is 1.47 bits per heavy atom. The minimum atomic E-state index is -4.34. The van der Waals surface area contributed by atoms with Gasteiger partial charge in [-0.15, -0.1) is 0 Å². The van der Waals surface area contributed by atoms with Crippen LogP contribution in [0.3, 0.4) is 0 Å². The number of carbonyl (C=O) groups excluding carboxylic acids is 1. The van der Waals surface area contributed by atoms with E-state index in [0.717, 1.165) is 6.08 Å². The van der Waals surface area contributed by atoms with Crippen LogP contribution in [0.15, 0.2) is 12.2 Å². The predicted octanol–water partition coefficient (Wildman–Crippen LogP) is 3.50. The second-order valence-electron chi connectivity index (χ2n) is 4.02. The summed E-state index contributed by atoms with van der Waals surface area (Å²) in [5, 5.41) is 0. The van der Waals surface area contributed by atoms with Crippen molar-refractivity contribution in [3.63, 3.8) is 0 Å². The van der Waals surface area contributed by atoms with Gasteiger partial charge in [0.05, 0.1) is 0 Å². The average molecular weight is 243 g/mol. The highest BCUT2D eigenvalue weighted by Gasteiger charge is 2.59. The summed E-state index contributed by atoms with van der Waals surface area (Å²) in [5.41, 5.74) is -1.47. The lowest BCUT2D eigenvalue weighted by Gasteiger charge is -1.99. The molecule has 0 aromatic heterocycles. The molecule has 6 heteroatoms. The highest BCUT2D eigenvalue weighted by molar-refractivity contribution is 6.61. The summed E-state index contributed by atoms with van der Waals surface area (Å²) in [7, 11) is 0. The standard InChI is InChI=1S/C9H10ClF3O2/c1-8(2)5(3-4-9(11,12)13)6(8)15-7(10)14/h3-6H,1-2H3/b4-3-/t5?,6-/m1/s1. The molecule has 2 nitrogen and oxygen atoms in total. The molecular weight excluding hydrogens is 233 g/mol. The monoisotopic (exact) mass is 242 g/mol. The first-order valence-electron chi connectivity index (χ1n) is 4.27. The number of ether oxygens (including phenoxy) is 1. The zero-order chi connectivity index (χ0) is 11.9. The van der Waals surface area contributed by atoms with E-state index in [4.69, 9.17) is 11.6 Å². The maximum atomic E-state index is 11.9. The van der Waals surface area contributed by atoms with Crippen molar-refractivity contribution in [3.05, 3.63) is 12.2 Å². The summed E-state index contributed by atoms with van der Waals surface area (Å²) >= 11 is 4.99. The number of hydrogen-bond acceptors (Lipinski definition) is 2. The maximum Gasteiger partial charge on any atom is 0.409 e. The average Bonchev–Trinajstić information content (AvgIpc) is 2.47. The molecule has 0 N–H and O–H groups in total. The van der Waals surface area contributed by atoms with Crippen molar-refractivity contribution >= 4 is 17.0 Å². The third kappa shape index (κ3) is 3.12. The number of hydrogen-bond donors (Lipinski definition) is 0. The van der Waals surface area contributed by atoms with Gasteiger partial charge >= 0.3 is 11.6 Å². The molecule has 0 saturated heterocycles. The van der Waals surface area contributed by atoms with Crippen molar-refractivity contribution in [3.8, 4) is 0 Å². The largest absolute Gasteiger partial charge is 0.449 e. The van der Waals surface area contributed by atoms with Crippen LogP contribution in [0.2, 0.25) is 0 Å². The van der Waals surface area contributed by atoms with Gasteiger partial charge in [-0.1, -0.05) is 19.9 Å². The van der Waals surface area contributed by atoms with E-state index in [2.05, 4.69) is 4.74 Å². The number of allylic oxidation sites excluding steroid dienone is 1. The minimum Gasteiger partial charge on any atom is -0.449 e. The van der Waals surface area contributed by atoms with Crippen LogP contribution in [0, 0.1) is 11.3 Å². The van der Waals surface area contributed by atoms with E-state index in [1.807, 2.05) is 0 Å². The molecule has 15 heavy (non-hydrogen) atoms. The summed E-state index contributed by atoms with van der Waals surface area (Å²) in [6.45, 7) is 3.42. The van der Waals surface area contributed by atoms with Crippen LogP contribution in [-0.4, -0.2) is 17.7 Å². The van der Waals surface area contributed by atoms with Crippen molar-refractivity contribution in [2.24, 2.45) is 11.3 Å². The molecule has 1 unspecified atom stereocenters. The van der Waals surface area contributed by atoms with Gasteiger partial charge in [-0.3, -0.25) is 0 Å². The molecule has 0 spiro atoms. The summed E-state index contributed by atoms with van der Waals surface area (Å²) in [5.74, 6) is -0.429. The normalized spacial score (nSPS) is 29.2. The Morgan fingerprint density at radius 3 is 2.40 bits per heavy atom. The molecular formula is C9H10ClF3O2. The van der Waals surface area contributed by atoms with E-state index in [1.54, 1.807) is 13.8 Å². The number of halogens is 4. The molecule has 0 aromatic carbocycles. The Balaban J connectivity index is 2.59. The topological polar surface area (TPSA) is 26.3 Å². The van der Waals surface area contributed by atoms with Gasteiger partial charge in [-0.25, -0.2) is 4.79 Å². The first-order chi connectivity index (χ1) is 6.64. The van der Waals surface area contributed by atoms with E-state index in [1.165, 1.54) is 0 Å². The molecule has 1 aliphatic carbocycles. The number of rotatable bonds is 2. The lowest BCUT2D eigenvalue weighted by molar-refractivity contribution is -0.0801. The summed E-state index contributed by atoms with van der Waals surface area (Å²) in [6, 6.07) is 0. The smallest absolute Gasteiger partial charge is 0.409 e.